The molecule has 1 aromatic heterocycles. The van der Waals surface area contributed by atoms with Gasteiger partial charge in [0.15, 0.2) is 5.69 Å². The molecule has 1 aromatic carbocycles. The van der Waals surface area contributed by atoms with E-state index >= 15 is 0 Å². The number of aromatic nitrogens is 2. The van der Waals surface area contributed by atoms with Crippen LogP contribution in [-0.2, 0) is 7.05 Å². The largest absolute Gasteiger partial charge is 0.487 e. The highest BCUT2D eigenvalue weighted by Crippen LogP contribution is 2.31. The summed E-state index contributed by atoms with van der Waals surface area (Å²) in [5.74, 6) is 0.664. The number of amides is 2. The average molecular weight is 481 g/mol. The Morgan fingerprint density at radius 1 is 1.06 bits per heavy atom. The maximum Gasteiger partial charge on any atom is 0.274 e. The maximum absolute atomic E-state index is 13.7. The van der Waals surface area contributed by atoms with Crippen molar-refractivity contribution >= 4 is 11.8 Å². The summed E-state index contributed by atoms with van der Waals surface area (Å²) >= 11 is 0. The summed E-state index contributed by atoms with van der Waals surface area (Å²) in [6.07, 6.45) is 8.69. The van der Waals surface area contributed by atoms with E-state index in [1.54, 1.807) is 4.68 Å². The third-order valence-electron chi connectivity index (χ3n) is 7.42. The van der Waals surface area contributed by atoms with Crippen molar-refractivity contribution in [3.8, 4) is 5.75 Å². The first-order chi connectivity index (χ1) is 17.0. The second-order valence-electron chi connectivity index (χ2n) is 10.0. The molecule has 2 atom stereocenters. The fourth-order valence-electron chi connectivity index (χ4n) is 5.40. The summed E-state index contributed by atoms with van der Waals surface area (Å²) in [4.78, 5) is 31.2. The SMILES string of the molecule is CCCN1CCCCCCN(C(=O)c2cc(C)n(C)n2)[C@@H]2CCCC[C@@H]2Oc2ccccc2C1=O. The summed E-state index contributed by atoms with van der Waals surface area (Å²) in [5, 5.41) is 4.49. The molecule has 190 valence electrons. The molecule has 4 rings (SSSR count). The van der Waals surface area contributed by atoms with E-state index in [1.165, 1.54) is 0 Å². The van der Waals surface area contributed by atoms with Crippen molar-refractivity contribution in [2.75, 3.05) is 19.6 Å². The van der Waals surface area contributed by atoms with E-state index in [2.05, 4.69) is 12.0 Å². The standard InChI is InChI=1S/C28H40N4O3/c1-4-17-31-18-11-5-6-12-19-32(28(34)23-20-21(2)30(3)29-23)24-14-8-10-16-26(24)35-25-15-9-7-13-22(25)27(31)33/h7,9,13,15,20,24,26H,4-6,8,10-12,14,16-19H2,1-3H3/t24-,26+/m1/s1. The molecule has 0 bridgehead atoms. The summed E-state index contributed by atoms with van der Waals surface area (Å²) in [5.41, 5.74) is 2.10. The lowest BCUT2D eigenvalue weighted by atomic mass is 9.90. The Balaban J connectivity index is 1.67. The Labute approximate surface area is 209 Å². The van der Waals surface area contributed by atoms with Crippen LogP contribution >= 0.6 is 0 Å². The Bertz CT molecular complexity index is 998. The molecule has 0 radical (unpaired) electrons. The molecule has 1 aliphatic carbocycles. The van der Waals surface area contributed by atoms with Crippen molar-refractivity contribution in [3.63, 3.8) is 0 Å². The Hall–Kier alpha value is -2.83. The zero-order valence-corrected chi connectivity index (χ0v) is 21.5. The Morgan fingerprint density at radius 2 is 1.80 bits per heavy atom. The fourth-order valence-corrected chi connectivity index (χ4v) is 5.40. The second kappa shape index (κ2) is 11.7. The maximum atomic E-state index is 13.7. The van der Waals surface area contributed by atoms with Crippen molar-refractivity contribution in [1.29, 1.82) is 0 Å². The fraction of sp³-hybridized carbons (Fsp3) is 0.607. The van der Waals surface area contributed by atoms with Gasteiger partial charge >= 0.3 is 0 Å². The van der Waals surface area contributed by atoms with Gasteiger partial charge in [-0.25, -0.2) is 0 Å². The highest BCUT2D eigenvalue weighted by molar-refractivity contribution is 5.97. The first-order valence-corrected chi connectivity index (χ1v) is 13.4. The summed E-state index contributed by atoms with van der Waals surface area (Å²) in [7, 11) is 1.87. The normalized spacial score (nSPS) is 22.1. The van der Waals surface area contributed by atoms with Gasteiger partial charge in [-0.15, -0.1) is 0 Å². The van der Waals surface area contributed by atoms with Gasteiger partial charge in [-0.1, -0.05) is 38.3 Å². The number of carbonyl (C=O) groups is 2. The molecule has 7 heteroatoms. The van der Waals surface area contributed by atoms with E-state index < -0.39 is 0 Å². The summed E-state index contributed by atoms with van der Waals surface area (Å²) in [6.45, 7) is 6.30. The summed E-state index contributed by atoms with van der Waals surface area (Å²) in [6, 6.07) is 9.47. The average Bonchev–Trinajstić information content (AvgIpc) is 3.20. The molecule has 1 aliphatic heterocycles. The molecule has 0 N–H and O–H groups in total. The number of benzene rings is 1. The van der Waals surface area contributed by atoms with Crippen molar-refractivity contribution < 1.29 is 14.3 Å². The molecule has 2 heterocycles. The van der Waals surface area contributed by atoms with Crippen LogP contribution in [0.1, 0.15) is 91.3 Å². The van der Waals surface area contributed by atoms with Crippen molar-refractivity contribution in [1.82, 2.24) is 19.6 Å². The molecule has 0 spiro atoms. The first kappa shape index (κ1) is 25.3. The molecule has 0 saturated heterocycles. The topological polar surface area (TPSA) is 67.7 Å². The Morgan fingerprint density at radius 3 is 2.54 bits per heavy atom. The molecule has 35 heavy (non-hydrogen) atoms. The lowest BCUT2D eigenvalue weighted by Gasteiger charge is -2.40. The molecule has 1 fully saturated rings. The monoisotopic (exact) mass is 480 g/mol. The molecular formula is C28H40N4O3. The van der Waals surface area contributed by atoms with Crippen LogP contribution in [0.4, 0.5) is 0 Å². The van der Waals surface area contributed by atoms with Gasteiger partial charge in [-0.2, -0.15) is 5.10 Å². The van der Waals surface area contributed by atoms with E-state index in [1.807, 2.05) is 54.1 Å². The Kier molecular flexibility index (Phi) is 8.47. The van der Waals surface area contributed by atoms with Crippen LogP contribution in [-0.4, -0.2) is 63.2 Å². The smallest absolute Gasteiger partial charge is 0.274 e. The highest BCUT2D eigenvalue weighted by Gasteiger charge is 2.36. The molecule has 2 aromatic rings. The van der Waals surface area contributed by atoms with Gasteiger partial charge < -0.3 is 14.5 Å². The molecule has 7 nitrogen and oxygen atoms in total. The number of ether oxygens (including phenoxy) is 1. The number of para-hydroxylation sites is 1. The minimum absolute atomic E-state index is 0.0141. The van der Waals surface area contributed by atoms with Crippen LogP contribution in [0.15, 0.2) is 30.3 Å². The van der Waals surface area contributed by atoms with Crippen LogP contribution in [0.2, 0.25) is 0 Å². The van der Waals surface area contributed by atoms with Crippen LogP contribution in [0.5, 0.6) is 5.75 Å². The van der Waals surface area contributed by atoms with Gasteiger partial charge in [0.2, 0.25) is 0 Å². The molecule has 1 saturated carbocycles. The van der Waals surface area contributed by atoms with Gasteiger partial charge in [0, 0.05) is 32.4 Å². The highest BCUT2D eigenvalue weighted by atomic mass is 16.5. The number of rotatable bonds is 3. The zero-order valence-electron chi connectivity index (χ0n) is 21.5. The number of hydrogen-bond donors (Lipinski definition) is 0. The number of hydrogen-bond acceptors (Lipinski definition) is 4. The van der Waals surface area contributed by atoms with Crippen molar-refractivity contribution in [3.05, 3.63) is 47.3 Å². The summed E-state index contributed by atoms with van der Waals surface area (Å²) < 4.78 is 8.38. The first-order valence-electron chi connectivity index (χ1n) is 13.4. The lowest BCUT2D eigenvalue weighted by Crippen LogP contribution is -2.51. The van der Waals surface area contributed by atoms with Crippen LogP contribution in [0.3, 0.4) is 0 Å². The van der Waals surface area contributed by atoms with E-state index in [4.69, 9.17) is 4.74 Å². The predicted octanol–water partition coefficient (Wildman–Crippen LogP) is 4.99. The minimum Gasteiger partial charge on any atom is -0.487 e. The van der Waals surface area contributed by atoms with Crippen LogP contribution in [0, 0.1) is 6.92 Å². The minimum atomic E-state index is -0.144. The quantitative estimate of drug-likeness (QED) is 0.621. The van der Waals surface area contributed by atoms with Gasteiger partial charge in [0.05, 0.1) is 11.6 Å². The van der Waals surface area contributed by atoms with Crippen molar-refractivity contribution in [2.45, 2.75) is 83.8 Å². The third-order valence-corrected chi connectivity index (χ3v) is 7.42. The van der Waals surface area contributed by atoms with E-state index in [9.17, 15) is 9.59 Å². The molecule has 2 amide bonds. The van der Waals surface area contributed by atoms with E-state index in [-0.39, 0.29) is 24.0 Å². The van der Waals surface area contributed by atoms with E-state index in [0.717, 1.165) is 76.6 Å². The van der Waals surface area contributed by atoms with Gasteiger partial charge in [-0.3, -0.25) is 14.3 Å². The van der Waals surface area contributed by atoms with Crippen molar-refractivity contribution in [2.24, 2.45) is 7.05 Å². The molecular weight excluding hydrogens is 440 g/mol. The molecule has 0 unspecified atom stereocenters. The number of fused-ring (bicyclic) bond motifs is 2. The molecule has 2 aliphatic rings. The van der Waals surface area contributed by atoms with E-state index in [0.29, 0.717) is 23.6 Å². The zero-order chi connectivity index (χ0) is 24.8. The number of aryl methyl sites for hydroxylation is 2. The van der Waals surface area contributed by atoms with Crippen LogP contribution < -0.4 is 4.74 Å². The van der Waals surface area contributed by atoms with Crippen LogP contribution in [0.25, 0.3) is 0 Å². The number of carbonyl (C=O) groups excluding carboxylic acids is 2. The third kappa shape index (κ3) is 5.88. The second-order valence-corrected chi connectivity index (χ2v) is 10.0. The predicted molar refractivity (Wildman–Crippen MR) is 137 cm³/mol. The van der Waals surface area contributed by atoms with Gasteiger partial charge in [0.1, 0.15) is 11.9 Å². The van der Waals surface area contributed by atoms with Gasteiger partial charge in [0.25, 0.3) is 11.8 Å². The lowest BCUT2D eigenvalue weighted by molar-refractivity contribution is 0.0262. The number of nitrogens with zero attached hydrogens (tertiary/aromatic N) is 4. The van der Waals surface area contributed by atoms with Gasteiger partial charge in [-0.05, 0) is 63.6 Å².